The molecule has 0 heterocycles. The Morgan fingerprint density at radius 2 is 1.41 bits per heavy atom. The van der Waals surface area contributed by atoms with Gasteiger partial charge in [-0.3, -0.25) is 14.4 Å². The molecule has 4 rings (SSSR count). The molecule has 0 spiro atoms. The average molecular weight is 476 g/mol. The number of benzene rings is 3. The molecular weight excluding hydrogens is 450 g/mol. The standard InChI is InChI=1S/C28H26ClNO4/c1-27(2,26(33)34)17-24(31)20-5-3-18(4-6-20)19-7-13-23(14-8-19)30-25(32)28(15-16-28)21-9-11-22(29)12-10-21/h3-14H,15-17H2,1-2H3,(H,30,32)(H,33,34). The highest BCUT2D eigenvalue weighted by Crippen LogP contribution is 2.49. The van der Waals surface area contributed by atoms with E-state index in [1.54, 1.807) is 26.0 Å². The number of carbonyl (C=O) groups is 3. The van der Waals surface area contributed by atoms with E-state index in [1.165, 1.54) is 0 Å². The Labute approximate surface area is 203 Å². The van der Waals surface area contributed by atoms with E-state index in [2.05, 4.69) is 5.32 Å². The second-order valence-corrected chi connectivity index (χ2v) is 9.92. The van der Waals surface area contributed by atoms with Crippen molar-refractivity contribution in [1.82, 2.24) is 0 Å². The lowest BCUT2D eigenvalue weighted by Crippen LogP contribution is -2.27. The van der Waals surface area contributed by atoms with Crippen molar-refractivity contribution in [3.63, 3.8) is 0 Å². The van der Waals surface area contributed by atoms with Crippen molar-refractivity contribution >= 4 is 34.9 Å². The third-order valence-electron chi connectivity index (χ3n) is 6.45. The molecule has 3 aromatic rings. The highest BCUT2D eigenvalue weighted by Gasteiger charge is 2.51. The summed E-state index contributed by atoms with van der Waals surface area (Å²) in [5.74, 6) is -1.22. The fraction of sp³-hybridized carbons (Fsp3) is 0.250. The second kappa shape index (κ2) is 9.07. The zero-order chi connectivity index (χ0) is 24.5. The number of hydrogen-bond donors (Lipinski definition) is 2. The molecule has 0 radical (unpaired) electrons. The van der Waals surface area contributed by atoms with Crippen LogP contribution in [-0.4, -0.2) is 22.8 Å². The fourth-order valence-electron chi connectivity index (χ4n) is 3.97. The maximum Gasteiger partial charge on any atom is 0.309 e. The first-order valence-electron chi connectivity index (χ1n) is 11.2. The van der Waals surface area contributed by atoms with Crippen LogP contribution in [0.3, 0.4) is 0 Å². The van der Waals surface area contributed by atoms with Crippen LogP contribution in [0.2, 0.25) is 5.02 Å². The van der Waals surface area contributed by atoms with Crippen LogP contribution in [0.15, 0.2) is 72.8 Å². The molecule has 34 heavy (non-hydrogen) atoms. The molecule has 1 amide bonds. The second-order valence-electron chi connectivity index (χ2n) is 9.49. The smallest absolute Gasteiger partial charge is 0.309 e. The van der Waals surface area contributed by atoms with Crippen molar-refractivity contribution in [1.29, 1.82) is 0 Å². The largest absolute Gasteiger partial charge is 0.481 e. The van der Waals surface area contributed by atoms with Gasteiger partial charge >= 0.3 is 5.97 Å². The van der Waals surface area contributed by atoms with Crippen LogP contribution in [0.4, 0.5) is 5.69 Å². The molecule has 3 aromatic carbocycles. The average Bonchev–Trinajstić information content (AvgIpc) is 3.62. The number of carboxylic acids is 1. The van der Waals surface area contributed by atoms with Crippen molar-refractivity contribution < 1.29 is 19.5 Å². The minimum atomic E-state index is -1.11. The monoisotopic (exact) mass is 475 g/mol. The summed E-state index contributed by atoms with van der Waals surface area (Å²) in [4.78, 5) is 36.7. The van der Waals surface area contributed by atoms with Gasteiger partial charge in [0.05, 0.1) is 10.8 Å². The Balaban J connectivity index is 1.42. The van der Waals surface area contributed by atoms with Crippen molar-refractivity contribution in [3.05, 3.63) is 88.9 Å². The van der Waals surface area contributed by atoms with Crippen molar-refractivity contribution in [2.75, 3.05) is 5.32 Å². The van der Waals surface area contributed by atoms with E-state index in [0.717, 1.165) is 35.2 Å². The first-order valence-corrected chi connectivity index (χ1v) is 11.5. The maximum atomic E-state index is 13.0. The Morgan fingerprint density at radius 3 is 1.91 bits per heavy atom. The van der Waals surface area contributed by atoms with Gasteiger partial charge in [-0.1, -0.05) is 60.1 Å². The van der Waals surface area contributed by atoms with Gasteiger partial charge in [0, 0.05) is 22.7 Å². The van der Waals surface area contributed by atoms with Crippen molar-refractivity contribution in [2.24, 2.45) is 5.41 Å². The minimum absolute atomic E-state index is 0.0188. The normalized spacial score (nSPS) is 14.3. The highest BCUT2D eigenvalue weighted by molar-refractivity contribution is 6.30. The van der Waals surface area contributed by atoms with Crippen LogP contribution in [0, 0.1) is 5.41 Å². The molecule has 1 saturated carbocycles. The summed E-state index contributed by atoms with van der Waals surface area (Å²) < 4.78 is 0. The molecule has 2 N–H and O–H groups in total. The molecule has 1 aliphatic rings. The van der Waals surface area contributed by atoms with Gasteiger partial charge in [0.25, 0.3) is 0 Å². The Kier molecular flexibility index (Phi) is 6.32. The summed E-state index contributed by atoms with van der Waals surface area (Å²) in [5, 5.41) is 12.9. The summed E-state index contributed by atoms with van der Waals surface area (Å²) in [6, 6.07) is 22.1. The number of ketones is 1. The molecule has 0 unspecified atom stereocenters. The predicted octanol–water partition coefficient (Wildman–Crippen LogP) is 6.36. The number of halogens is 1. The van der Waals surface area contributed by atoms with Gasteiger partial charge in [0.2, 0.25) is 5.91 Å². The Bertz CT molecular complexity index is 1220. The van der Waals surface area contributed by atoms with Crippen LogP contribution in [-0.2, 0) is 15.0 Å². The first-order chi connectivity index (χ1) is 16.1. The minimum Gasteiger partial charge on any atom is -0.481 e. The maximum absolute atomic E-state index is 13.0. The van der Waals surface area contributed by atoms with Gasteiger partial charge in [0.15, 0.2) is 5.78 Å². The van der Waals surface area contributed by atoms with E-state index in [9.17, 15) is 19.5 Å². The quantitative estimate of drug-likeness (QED) is 0.371. The van der Waals surface area contributed by atoms with E-state index in [1.807, 2.05) is 60.7 Å². The molecule has 0 saturated heterocycles. The third-order valence-corrected chi connectivity index (χ3v) is 6.70. The number of rotatable bonds is 8. The third kappa shape index (κ3) is 4.90. The van der Waals surface area contributed by atoms with Crippen LogP contribution in [0.25, 0.3) is 11.1 Å². The molecule has 1 aliphatic carbocycles. The molecular formula is C28H26ClNO4. The van der Waals surface area contributed by atoms with Crippen LogP contribution in [0.1, 0.15) is 49.0 Å². The van der Waals surface area contributed by atoms with Gasteiger partial charge in [-0.15, -0.1) is 0 Å². The molecule has 174 valence electrons. The van der Waals surface area contributed by atoms with Gasteiger partial charge < -0.3 is 10.4 Å². The molecule has 6 heteroatoms. The Hall–Kier alpha value is -3.44. The molecule has 0 aromatic heterocycles. The fourth-order valence-corrected chi connectivity index (χ4v) is 4.09. The van der Waals surface area contributed by atoms with E-state index >= 15 is 0 Å². The summed E-state index contributed by atoms with van der Waals surface area (Å²) in [6.07, 6.45) is 1.56. The Morgan fingerprint density at radius 1 is 0.882 bits per heavy atom. The summed E-state index contributed by atoms with van der Waals surface area (Å²) >= 11 is 5.98. The van der Waals surface area contributed by atoms with Crippen molar-refractivity contribution in [3.8, 4) is 11.1 Å². The summed E-state index contributed by atoms with van der Waals surface area (Å²) in [7, 11) is 0. The molecule has 0 bridgehead atoms. The predicted molar refractivity (Wildman–Crippen MR) is 133 cm³/mol. The molecule has 5 nitrogen and oxygen atoms in total. The lowest BCUT2D eigenvalue weighted by molar-refractivity contribution is -0.146. The first kappa shape index (κ1) is 23.7. The number of Topliss-reactive ketones (excluding diaryl/α,β-unsaturated/α-hetero) is 1. The summed E-state index contributed by atoms with van der Waals surface area (Å²) in [6.45, 7) is 3.09. The van der Waals surface area contributed by atoms with Gasteiger partial charge in [0.1, 0.15) is 0 Å². The number of aliphatic carboxylic acids is 1. The van der Waals surface area contributed by atoms with E-state index < -0.39 is 16.8 Å². The van der Waals surface area contributed by atoms with E-state index in [-0.39, 0.29) is 18.1 Å². The lowest BCUT2D eigenvalue weighted by atomic mass is 9.85. The topological polar surface area (TPSA) is 83.5 Å². The zero-order valence-electron chi connectivity index (χ0n) is 19.1. The number of nitrogens with one attached hydrogen (secondary N) is 1. The summed E-state index contributed by atoms with van der Waals surface area (Å²) in [5.41, 5.74) is 2.46. The number of carboxylic acid groups (broad SMARTS) is 1. The molecule has 0 aliphatic heterocycles. The van der Waals surface area contributed by atoms with E-state index in [0.29, 0.717) is 10.6 Å². The molecule has 0 atom stereocenters. The highest BCUT2D eigenvalue weighted by atomic mass is 35.5. The van der Waals surface area contributed by atoms with Crippen LogP contribution >= 0.6 is 11.6 Å². The SMILES string of the molecule is CC(C)(CC(=O)c1ccc(-c2ccc(NC(=O)C3(c4ccc(Cl)cc4)CC3)cc2)cc1)C(=O)O. The number of hydrogen-bond acceptors (Lipinski definition) is 3. The van der Waals surface area contributed by atoms with Crippen LogP contribution in [0.5, 0.6) is 0 Å². The lowest BCUT2D eigenvalue weighted by Gasteiger charge is -2.17. The number of amides is 1. The number of anilines is 1. The van der Waals surface area contributed by atoms with Gasteiger partial charge in [-0.05, 0) is 67.6 Å². The van der Waals surface area contributed by atoms with E-state index in [4.69, 9.17) is 11.6 Å². The van der Waals surface area contributed by atoms with Gasteiger partial charge in [-0.25, -0.2) is 0 Å². The van der Waals surface area contributed by atoms with Gasteiger partial charge in [-0.2, -0.15) is 0 Å². The van der Waals surface area contributed by atoms with Crippen molar-refractivity contribution in [2.45, 2.75) is 38.5 Å². The zero-order valence-corrected chi connectivity index (χ0v) is 19.9. The van der Waals surface area contributed by atoms with Crippen LogP contribution < -0.4 is 5.32 Å². The number of carbonyl (C=O) groups excluding carboxylic acids is 2. The molecule has 1 fully saturated rings.